The third-order valence-corrected chi connectivity index (χ3v) is 2.28. The Morgan fingerprint density at radius 1 is 1.67 bits per heavy atom. The van der Waals surface area contributed by atoms with Crippen molar-refractivity contribution in [3.8, 4) is 0 Å². The van der Waals surface area contributed by atoms with Gasteiger partial charge in [0.05, 0.1) is 23.8 Å². The highest BCUT2D eigenvalue weighted by Gasteiger charge is 2.08. The second-order valence-electron chi connectivity index (χ2n) is 2.31. The van der Waals surface area contributed by atoms with Crippen molar-refractivity contribution >= 4 is 16.8 Å². The predicted octanol–water partition coefficient (Wildman–Crippen LogP) is 1.10. The Morgan fingerprint density at radius 2 is 2.42 bits per heavy atom. The van der Waals surface area contributed by atoms with E-state index in [0.717, 1.165) is 5.57 Å². The van der Waals surface area contributed by atoms with Crippen molar-refractivity contribution in [2.45, 2.75) is 13.3 Å². The summed E-state index contributed by atoms with van der Waals surface area (Å²) in [6, 6.07) is 0. The van der Waals surface area contributed by atoms with Crippen LogP contribution in [0.1, 0.15) is 13.3 Å². The fraction of sp³-hybridized carbons (Fsp3) is 0.375. The largest absolute Gasteiger partial charge is 0.466 e. The number of esters is 1. The van der Waals surface area contributed by atoms with Gasteiger partial charge in [-0.25, -0.2) is 0 Å². The van der Waals surface area contributed by atoms with Gasteiger partial charge in [0, 0.05) is 10.8 Å². The van der Waals surface area contributed by atoms with Crippen LogP contribution in [0.25, 0.3) is 0 Å². The molecule has 3 nitrogen and oxygen atoms in total. The first kappa shape index (κ1) is 9.19. The van der Waals surface area contributed by atoms with Gasteiger partial charge < -0.3 is 4.74 Å². The van der Waals surface area contributed by atoms with Crippen molar-refractivity contribution in [3.63, 3.8) is 0 Å². The number of carbonyl (C=O) groups is 1. The van der Waals surface area contributed by atoms with Crippen molar-refractivity contribution in [2.75, 3.05) is 6.61 Å². The van der Waals surface area contributed by atoms with Crippen LogP contribution in [-0.4, -0.2) is 16.8 Å². The zero-order valence-corrected chi connectivity index (χ0v) is 7.60. The zero-order valence-electron chi connectivity index (χ0n) is 6.78. The highest BCUT2D eigenvalue weighted by atomic mass is 32.2. The van der Waals surface area contributed by atoms with Crippen LogP contribution in [0, 0.1) is 0 Å². The number of hydrogen-bond acceptors (Lipinski definition) is 3. The fourth-order valence-corrected chi connectivity index (χ4v) is 1.71. The smallest absolute Gasteiger partial charge is 0.310 e. The van der Waals surface area contributed by atoms with Crippen molar-refractivity contribution in [2.24, 2.45) is 0 Å². The first-order valence-electron chi connectivity index (χ1n) is 3.66. The Hall–Kier alpha value is -0.900. The minimum Gasteiger partial charge on any atom is -0.466 e. The summed E-state index contributed by atoms with van der Waals surface area (Å²) in [4.78, 5) is 10.9. The molecule has 0 aromatic carbocycles. The molecule has 1 heterocycles. The van der Waals surface area contributed by atoms with E-state index in [4.69, 9.17) is 4.74 Å². The summed E-state index contributed by atoms with van der Waals surface area (Å²) < 4.78 is 15.5. The van der Waals surface area contributed by atoms with Gasteiger partial charge in [0.25, 0.3) is 0 Å². The molecule has 0 aromatic heterocycles. The van der Waals surface area contributed by atoms with E-state index in [2.05, 4.69) is 0 Å². The average molecular weight is 186 g/mol. The van der Waals surface area contributed by atoms with Gasteiger partial charge in [0.15, 0.2) is 0 Å². The third-order valence-electron chi connectivity index (χ3n) is 1.34. The number of allylic oxidation sites excluding steroid dienone is 1. The maximum atomic E-state index is 10.9. The van der Waals surface area contributed by atoms with Crippen LogP contribution in [0.2, 0.25) is 0 Å². The van der Waals surface area contributed by atoms with Gasteiger partial charge in [-0.05, 0) is 18.6 Å². The Morgan fingerprint density at radius 3 is 2.92 bits per heavy atom. The quantitative estimate of drug-likeness (QED) is 0.620. The van der Waals surface area contributed by atoms with E-state index in [0.29, 0.717) is 6.61 Å². The Bertz CT molecular complexity index is 265. The van der Waals surface area contributed by atoms with E-state index in [-0.39, 0.29) is 12.4 Å². The molecule has 1 aliphatic heterocycles. The first-order valence-corrected chi connectivity index (χ1v) is 4.94. The van der Waals surface area contributed by atoms with E-state index in [1.807, 2.05) is 0 Å². The second-order valence-corrected chi connectivity index (χ2v) is 3.47. The molecule has 1 rings (SSSR count). The summed E-state index contributed by atoms with van der Waals surface area (Å²) in [5.74, 6) is -0.271. The van der Waals surface area contributed by atoms with Crippen molar-refractivity contribution in [1.82, 2.24) is 0 Å². The lowest BCUT2D eigenvalue weighted by atomic mass is 10.2. The molecule has 0 fully saturated rings. The molecule has 0 spiro atoms. The standard InChI is InChI=1S/C8H10O3S/c1-2-11-8(9)5-7-3-4-12(10)6-7/h3-4,6H,2,5H2,1H3. The Labute approximate surface area is 73.6 Å². The molecule has 0 amide bonds. The van der Waals surface area contributed by atoms with Crippen molar-refractivity contribution < 1.29 is 13.7 Å². The summed E-state index contributed by atoms with van der Waals surface area (Å²) in [7, 11) is -1.02. The van der Waals surface area contributed by atoms with Gasteiger partial charge in [0.1, 0.15) is 0 Å². The maximum absolute atomic E-state index is 10.9. The minimum atomic E-state index is -1.02. The van der Waals surface area contributed by atoms with Crippen LogP contribution >= 0.6 is 0 Å². The minimum absolute atomic E-state index is 0.218. The topological polar surface area (TPSA) is 43.4 Å². The first-order chi connectivity index (χ1) is 5.72. The van der Waals surface area contributed by atoms with Gasteiger partial charge >= 0.3 is 5.97 Å². The summed E-state index contributed by atoms with van der Waals surface area (Å²) in [5, 5.41) is 3.10. The maximum Gasteiger partial charge on any atom is 0.310 e. The molecule has 1 atom stereocenters. The molecule has 12 heavy (non-hydrogen) atoms. The fourth-order valence-electron chi connectivity index (χ4n) is 0.861. The molecule has 0 aliphatic carbocycles. The van der Waals surface area contributed by atoms with Crippen LogP contribution < -0.4 is 0 Å². The second kappa shape index (κ2) is 4.21. The molecule has 0 N–H and O–H groups in total. The van der Waals surface area contributed by atoms with Crippen LogP contribution in [0.15, 0.2) is 22.5 Å². The summed E-state index contributed by atoms with van der Waals surface area (Å²) in [6.45, 7) is 2.15. The summed E-state index contributed by atoms with van der Waals surface area (Å²) in [5.41, 5.74) is 0.770. The normalized spacial score (nSPS) is 20.8. The molecular weight excluding hydrogens is 176 g/mol. The summed E-state index contributed by atoms with van der Waals surface area (Å²) in [6.07, 6.45) is 1.91. The number of hydrogen-bond donors (Lipinski definition) is 0. The van der Waals surface area contributed by atoms with Crippen LogP contribution in [-0.2, 0) is 20.3 Å². The highest BCUT2D eigenvalue weighted by molar-refractivity contribution is 7.91. The van der Waals surface area contributed by atoms with Gasteiger partial charge in [-0.1, -0.05) is 0 Å². The average Bonchev–Trinajstić information content (AvgIpc) is 2.36. The van der Waals surface area contributed by atoms with E-state index in [1.165, 1.54) is 0 Å². The van der Waals surface area contributed by atoms with Crippen molar-refractivity contribution in [3.05, 3.63) is 22.5 Å². The number of ether oxygens (including phenoxy) is 1. The highest BCUT2D eigenvalue weighted by Crippen LogP contribution is 2.13. The van der Waals surface area contributed by atoms with E-state index in [9.17, 15) is 9.00 Å². The Balaban J connectivity index is 2.42. The number of carbonyl (C=O) groups excluding carboxylic acids is 1. The molecule has 66 valence electrons. The summed E-state index contributed by atoms with van der Waals surface area (Å²) >= 11 is 0. The zero-order chi connectivity index (χ0) is 8.97. The molecule has 4 heteroatoms. The Kier molecular flexibility index (Phi) is 3.22. The van der Waals surface area contributed by atoms with E-state index in [1.54, 1.807) is 23.8 Å². The lowest BCUT2D eigenvalue weighted by Gasteiger charge is -1.99. The monoisotopic (exact) mass is 186 g/mol. The van der Waals surface area contributed by atoms with Gasteiger partial charge in [0.2, 0.25) is 0 Å². The molecule has 0 aromatic rings. The van der Waals surface area contributed by atoms with Gasteiger partial charge in [-0.15, -0.1) is 0 Å². The third kappa shape index (κ3) is 2.62. The van der Waals surface area contributed by atoms with Crippen LogP contribution in [0.5, 0.6) is 0 Å². The van der Waals surface area contributed by atoms with Gasteiger partial charge in [-0.3, -0.25) is 9.00 Å². The molecule has 0 saturated carbocycles. The lowest BCUT2D eigenvalue weighted by molar-refractivity contribution is -0.142. The molecule has 0 radical (unpaired) electrons. The van der Waals surface area contributed by atoms with Crippen LogP contribution in [0.4, 0.5) is 0 Å². The van der Waals surface area contributed by atoms with Gasteiger partial charge in [-0.2, -0.15) is 0 Å². The van der Waals surface area contributed by atoms with Crippen molar-refractivity contribution in [1.29, 1.82) is 0 Å². The predicted molar refractivity (Wildman–Crippen MR) is 46.6 cm³/mol. The molecule has 0 saturated heterocycles. The van der Waals surface area contributed by atoms with Crippen LogP contribution in [0.3, 0.4) is 0 Å². The lowest BCUT2D eigenvalue weighted by Crippen LogP contribution is -2.03. The molecular formula is C8H10O3S. The molecule has 1 unspecified atom stereocenters. The molecule has 1 aliphatic rings. The SMILES string of the molecule is CCOC(=O)CC1=CS(=O)C=C1. The molecule has 0 bridgehead atoms. The van der Waals surface area contributed by atoms with E-state index < -0.39 is 10.8 Å². The number of rotatable bonds is 3. The van der Waals surface area contributed by atoms with E-state index >= 15 is 0 Å².